The maximum Gasteiger partial charge on any atom is 0.168 e. The number of hydrogen-bond acceptors (Lipinski definition) is 2. The molecule has 0 aliphatic carbocycles. The number of benzene rings is 2. The molecule has 2 aromatic rings. The van der Waals surface area contributed by atoms with Gasteiger partial charge in [0.25, 0.3) is 0 Å². The van der Waals surface area contributed by atoms with Gasteiger partial charge in [-0.15, -0.1) is 0 Å². The predicted molar refractivity (Wildman–Crippen MR) is 79.6 cm³/mol. The first-order valence-corrected chi connectivity index (χ1v) is 6.92. The average molecular weight is 291 g/mol. The van der Waals surface area contributed by atoms with Crippen molar-refractivity contribution in [3.05, 3.63) is 59.2 Å². The first kappa shape index (κ1) is 15.4. The first-order valence-electron chi connectivity index (χ1n) is 6.92. The van der Waals surface area contributed by atoms with Gasteiger partial charge < -0.3 is 10.1 Å². The van der Waals surface area contributed by atoms with Crippen LogP contribution in [0.2, 0.25) is 0 Å². The highest BCUT2D eigenvalue weighted by Crippen LogP contribution is 2.28. The molecular weight excluding hydrogens is 272 g/mol. The molecule has 0 aliphatic rings. The summed E-state index contributed by atoms with van der Waals surface area (Å²) in [5.41, 5.74) is 1.28. The van der Waals surface area contributed by atoms with Gasteiger partial charge in [0.2, 0.25) is 0 Å². The summed E-state index contributed by atoms with van der Waals surface area (Å²) in [6.45, 7) is 6.26. The summed E-state index contributed by atoms with van der Waals surface area (Å²) in [6, 6.07) is 9.81. The van der Waals surface area contributed by atoms with Crippen molar-refractivity contribution in [2.45, 2.75) is 33.4 Å². The maximum absolute atomic E-state index is 14.0. The molecule has 2 rings (SSSR count). The van der Waals surface area contributed by atoms with Gasteiger partial charge >= 0.3 is 0 Å². The van der Waals surface area contributed by atoms with Gasteiger partial charge in [0.05, 0.1) is 0 Å². The van der Waals surface area contributed by atoms with Crippen molar-refractivity contribution < 1.29 is 13.5 Å². The van der Waals surface area contributed by atoms with E-state index in [1.807, 2.05) is 13.8 Å². The van der Waals surface area contributed by atoms with Crippen LogP contribution in [-0.2, 0) is 6.54 Å². The third-order valence-corrected chi connectivity index (χ3v) is 3.09. The highest BCUT2D eigenvalue weighted by molar-refractivity contribution is 5.37. The predicted octanol–water partition coefficient (Wildman–Crippen LogP) is 4.56. The lowest BCUT2D eigenvalue weighted by atomic mass is 10.2. The number of aryl methyl sites for hydroxylation is 1. The zero-order valence-corrected chi connectivity index (χ0v) is 12.4. The fraction of sp³-hybridized carbons (Fsp3) is 0.294. The van der Waals surface area contributed by atoms with Crippen LogP contribution in [0.5, 0.6) is 11.5 Å². The summed E-state index contributed by atoms with van der Waals surface area (Å²) >= 11 is 0. The van der Waals surface area contributed by atoms with E-state index >= 15 is 0 Å². The second-order valence-electron chi connectivity index (χ2n) is 5.29. The molecule has 2 aromatic carbocycles. The third kappa shape index (κ3) is 4.02. The standard InChI is InChI=1S/C17H19F2NO/c1-11(2)20-10-13-7-8-15(14(18)9-13)21-16-6-4-5-12(3)17(16)19/h4-9,11,20H,10H2,1-3H3. The minimum Gasteiger partial charge on any atom is -0.451 e. The van der Waals surface area contributed by atoms with Gasteiger partial charge in [-0.1, -0.05) is 32.0 Å². The Morgan fingerprint density at radius 1 is 1.10 bits per heavy atom. The van der Waals surface area contributed by atoms with Crippen LogP contribution in [0, 0.1) is 18.6 Å². The van der Waals surface area contributed by atoms with Crippen molar-refractivity contribution in [3.8, 4) is 11.5 Å². The lowest BCUT2D eigenvalue weighted by molar-refractivity contribution is 0.412. The molecule has 0 spiro atoms. The third-order valence-electron chi connectivity index (χ3n) is 3.09. The molecule has 0 unspecified atom stereocenters. The summed E-state index contributed by atoms with van der Waals surface area (Å²) in [7, 11) is 0. The fourth-order valence-corrected chi connectivity index (χ4v) is 1.88. The summed E-state index contributed by atoms with van der Waals surface area (Å²) < 4.78 is 33.2. The van der Waals surface area contributed by atoms with Crippen LogP contribution >= 0.6 is 0 Å². The van der Waals surface area contributed by atoms with Crippen LogP contribution in [0.1, 0.15) is 25.0 Å². The van der Waals surface area contributed by atoms with Crippen LogP contribution < -0.4 is 10.1 Å². The molecule has 0 aliphatic heterocycles. The van der Waals surface area contributed by atoms with Crippen molar-refractivity contribution in [1.29, 1.82) is 0 Å². The van der Waals surface area contributed by atoms with Crippen molar-refractivity contribution in [2.75, 3.05) is 0 Å². The highest BCUT2D eigenvalue weighted by atomic mass is 19.1. The van der Waals surface area contributed by atoms with Gasteiger partial charge in [-0.2, -0.15) is 0 Å². The van der Waals surface area contributed by atoms with Crippen LogP contribution in [0.15, 0.2) is 36.4 Å². The quantitative estimate of drug-likeness (QED) is 0.871. The number of hydrogen-bond donors (Lipinski definition) is 1. The first-order chi connectivity index (χ1) is 9.97. The topological polar surface area (TPSA) is 21.3 Å². The monoisotopic (exact) mass is 291 g/mol. The Bertz CT molecular complexity index is 626. The molecule has 0 saturated heterocycles. The molecule has 1 N–H and O–H groups in total. The van der Waals surface area contributed by atoms with Crippen LogP contribution in [0.3, 0.4) is 0 Å². The molecule has 0 bridgehead atoms. The van der Waals surface area contributed by atoms with Crippen LogP contribution in [0.4, 0.5) is 8.78 Å². The van der Waals surface area contributed by atoms with E-state index in [1.165, 1.54) is 18.2 Å². The van der Waals surface area contributed by atoms with Gasteiger partial charge in [-0.3, -0.25) is 0 Å². The van der Waals surface area contributed by atoms with E-state index < -0.39 is 11.6 Å². The van der Waals surface area contributed by atoms with Gasteiger partial charge in [0.1, 0.15) is 0 Å². The van der Waals surface area contributed by atoms with Gasteiger partial charge in [0.15, 0.2) is 23.1 Å². The van der Waals surface area contributed by atoms with E-state index in [0.717, 1.165) is 5.56 Å². The molecule has 0 fully saturated rings. The smallest absolute Gasteiger partial charge is 0.168 e. The summed E-state index contributed by atoms with van der Waals surface area (Å²) in [5, 5.41) is 3.21. The number of rotatable bonds is 5. The molecule has 0 heterocycles. The normalized spacial score (nSPS) is 11.0. The second-order valence-corrected chi connectivity index (χ2v) is 5.29. The van der Waals surface area contributed by atoms with Gasteiger partial charge in [-0.25, -0.2) is 8.78 Å². The van der Waals surface area contributed by atoms with Gasteiger partial charge in [0, 0.05) is 12.6 Å². The molecule has 0 aromatic heterocycles. The van der Waals surface area contributed by atoms with Crippen molar-refractivity contribution in [2.24, 2.45) is 0 Å². The van der Waals surface area contributed by atoms with E-state index in [4.69, 9.17) is 4.74 Å². The molecule has 0 atom stereocenters. The Labute approximate surface area is 123 Å². The van der Waals surface area contributed by atoms with Gasteiger partial charge in [-0.05, 0) is 36.2 Å². The Morgan fingerprint density at radius 3 is 2.52 bits per heavy atom. The molecule has 2 nitrogen and oxygen atoms in total. The number of halogens is 2. The lowest BCUT2D eigenvalue weighted by Crippen LogP contribution is -2.21. The minimum absolute atomic E-state index is 0.0211. The fourth-order valence-electron chi connectivity index (χ4n) is 1.88. The average Bonchev–Trinajstić information content (AvgIpc) is 2.44. The number of nitrogens with one attached hydrogen (secondary N) is 1. The van der Waals surface area contributed by atoms with E-state index in [0.29, 0.717) is 18.2 Å². The molecule has 21 heavy (non-hydrogen) atoms. The summed E-state index contributed by atoms with van der Waals surface area (Å²) in [5.74, 6) is -0.920. The molecule has 0 saturated carbocycles. The van der Waals surface area contributed by atoms with Crippen LogP contribution in [-0.4, -0.2) is 6.04 Å². The van der Waals surface area contributed by atoms with E-state index in [9.17, 15) is 8.78 Å². The zero-order valence-electron chi connectivity index (χ0n) is 12.4. The van der Waals surface area contributed by atoms with E-state index in [1.54, 1.807) is 25.1 Å². The zero-order chi connectivity index (χ0) is 15.4. The van der Waals surface area contributed by atoms with Crippen molar-refractivity contribution >= 4 is 0 Å². The molecule has 4 heteroatoms. The Kier molecular flexibility index (Phi) is 4.91. The molecule has 0 amide bonds. The summed E-state index contributed by atoms with van der Waals surface area (Å²) in [4.78, 5) is 0. The molecular formula is C17H19F2NO. The van der Waals surface area contributed by atoms with E-state index in [2.05, 4.69) is 5.32 Å². The lowest BCUT2D eigenvalue weighted by Gasteiger charge is -2.11. The number of ether oxygens (including phenoxy) is 1. The minimum atomic E-state index is -0.501. The summed E-state index contributed by atoms with van der Waals surface area (Å²) in [6.07, 6.45) is 0. The largest absolute Gasteiger partial charge is 0.451 e. The van der Waals surface area contributed by atoms with E-state index in [-0.39, 0.29) is 11.5 Å². The molecule has 112 valence electrons. The second kappa shape index (κ2) is 6.68. The van der Waals surface area contributed by atoms with Crippen molar-refractivity contribution in [3.63, 3.8) is 0 Å². The Morgan fingerprint density at radius 2 is 1.86 bits per heavy atom. The highest BCUT2D eigenvalue weighted by Gasteiger charge is 2.11. The molecule has 0 radical (unpaired) electrons. The maximum atomic E-state index is 14.0. The SMILES string of the molecule is Cc1cccc(Oc2ccc(CNC(C)C)cc2F)c1F. The van der Waals surface area contributed by atoms with Crippen molar-refractivity contribution in [1.82, 2.24) is 5.32 Å². The Balaban J connectivity index is 2.16. The Hall–Kier alpha value is -1.94. The van der Waals surface area contributed by atoms with Crippen LogP contribution in [0.25, 0.3) is 0 Å².